The molecular formula is C6H7N3. The maximum atomic E-state index is 4.05. The average Bonchev–Trinajstić information content (AvgIpc) is 2.33. The first-order chi connectivity index (χ1) is 4.47. The Balaban J connectivity index is 2.53. The number of fused-ring (bicyclic) bond motifs is 1. The van der Waals surface area contributed by atoms with Gasteiger partial charge in [0.25, 0.3) is 0 Å². The molecule has 1 N–H and O–H groups in total. The number of hydrogen-bond acceptors (Lipinski definition) is 2. The van der Waals surface area contributed by atoms with E-state index in [2.05, 4.69) is 10.4 Å². The highest BCUT2D eigenvalue weighted by Gasteiger charge is 2.00. The lowest BCUT2D eigenvalue weighted by atomic mass is 10.4. The van der Waals surface area contributed by atoms with E-state index < -0.39 is 0 Å². The van der Waals surface area contributed by atoms with Gasteiger partial charge in [-0.05, 0) is 6.07 Å². The van der Waals surface area contributed by atoms with Crippen molar-refractivity contribution in [3.63, 3.8) is 0 Å². The average molecular weight is 121 g/mol. The molecule has 1 aliphatic heterocycles. The van der Waals surface area contributed by atoms with Gasteiger partial charge in [-0.2, -0.15) is 5.10 Å². The first-order valence-electron chi connectivity index (χ1n) is 2.89. The molecule has 0 amide bonds. The first-order valence-corrected chi connectivity index (χ1v) is 2.89. The van der Waals surface area contributed by atoms with Crippen LogP contribution in [0, 0.1) is 0 Å². The number of rotatable bonds is 0. The minimum atomic E-state index is 0.885. The lowest BCUT2D eigenvalue weighted by Crippen LogP contribution is -2.13. The smallest absolute Gasteiger partial charge is 0.0627 e. The van der Waals surface area contributed by atoms with Crippen molar-refractivity contribution in [2.45, 2.75) is 6.54 Å². The Labute approximate surface area is 53.0 Å². The molecule has 0 unspecified atom stereocenters. The van der Waals surface area contributed by atoms with Crippen LogP contribution in [-0.2, 0) is 6.54 Å². The Morgan fingerprint density at radius 3 is 3.56 bits per heavy atom. The van der Waals surface area contributed by atoms with Gasteiger partial charge in [0.05, 0.1) is 12.2 Å². The first kappa shape index (κ1) is 4.61. The van der Waals surface area contributed by atoms with Gasteiger partial charge in [-0.3, -0.25) is 0 Å². The largest absolute Gasteiger partial charge is 0.384 e. The van der Waals surface area contributed by atoms with E-state index in [0.717, 1.165) is 6.54 Å². The van der Waals surface area contributed by atoms with Crippen LogP contribution < -0.4 is 5.32 Å². The Kier molecular flexibility index (Phi) is 0.828. The summed E-state index contributed by atoms with van der Waals surface area (Å²) >= 11 is 0. The minimum Gasteiger partial charge on any atom is -0.384 e. The van der Waals surface area contributed by atoms with Crippen molar-refractivity contribution in [3.05, 3.63) is 24.2 Å². The predicted octanol–water partition coefficient (Wildman–Crippen LogP) is 0.414. The fourth-order valence-electron chi connectivity index (χ4n) is 0.903. The molecule has 0 bridgehead atoms. The third kappa shape index (κ3) is 0.614. The molecule has 0 spiro atoms. The molecule has 1 aliphatic rings. The molecular weight excluding hydrogens is 114 g/mol. The van der Waals surface area contributed by atoms with Crippen LogP contribution in [0.4, 0.5) is 0 Å². The summed E-state index contributed by atoms with van der Waals surface area (Å²) in [6, 6.07) is 2.00. The Bertz CT molecular complexity index is 236. The second-order valence-corrected chi connectivity index (χ2v) is 1.96. The van der Waals surface area contributed by atoms with Crippen molar-refractivity contribution >= 4 is 6.20 Å². The molecule has 0 radical (unpaired) electrons. The Morgan fingerprint density at radius 2 is 2.67 bits per heavy atom. The quantitative estimate of drug-likeness (QED) is 0.539. The van der Waals surface area contributed by atoms with E-state index in [-0.39, 0.29) is 0 Å². The van der Waals surface area contributed by atoms with E-state index in [1.165, 1.54) is 5.69 Å². The standard InChI is InChI=1S/C6H7N3/c1-2-8-9-4-3-7-5-6(1)9/h1-4,7H,5H2. The lowest BCUT2D eigenvalue weighted by molar-refractivity contribution is 0.743. The van der Waals surface area contributed by atoms with Crippen LogP contribution in [0.15, 0.2) is 18.5 Å². The van der Waals surface area contributed by atoms with Crippen LogP contribution in [-0.4, -0.2) is 9.78 Å². The van der Waals surface area contributed by atoms with Gasteiger partial charge in [0.2, 0.25) is 0 Å². The SMILES string of the molecule is C1=Cn2nccc2CN1. The molecule has 3 heteroatoms. The molecule has 0 fully saturated rings. The summed E-state index contributed by atoms with van der Waals surface area (Å²) in [6.07, 6.45) is 5.59. The van der Waals surface area contributed by atoms with E-state index >= 15 is 0 Å². The number of nitrogens with one attached hydrogen (secondary N) is 1. The zero-order valence-corrected chi connectivity index (χ0v) is 4.91. The van der Waals surface area contributed by atoms with Gasteiger partial charge in [-0.15, -0.1) is 0 Å². The predicted molar refractivity (Wildman–Crippen MR) is 34.4 cm³/mol. The highest BCUT2D eigenvalue weighted by atomic mass is 15.3. The van der Waals surface area contributed by atoms with Gasteiger partial charge in [0, 0.05) is 18.6 Å². The van der Waals surface area contributed by atoms with Crippen molar-refractivity contribution in [1.29, 1.82) is 0 Å². The molecule has 3 nitrogen and oxygen atoms in total. The van der Waals surface area contributed by atoms with Gasteiger partial charge >= 0.3 is 0 Å². The number of aromatic nitrogens is 2. The van der Waals surface area contributed by atoms with Gasteiger partial charge < -0.3 is 5.32 Å². The second kappa shape index (κ2) is 1.62. The summed E-state index contributed by atoms with van der Waals surface area (Å²) in [7, 11) is 0. The summed E-state index contributed by atoms with van der Waals surface area (Å²) in [5.41, 5.74) is 1.21. The Hall–Kier alpha value is -1.25. The van der Waals surface area contributed by atoms with Crippen LogP contribution in [0.3, 0.4) is 0 Å². The van der Waals surface area contributed by atoms with Crippen LogP contribution in [0.1, 0.15) is 5.69 Å². The van der Waals surface area contributed by atoms with Crippen molar-refractivity contribution in [3.8, 4) is 0 Å². The maximum absolute atomic E-state index is 4.05. The second-order valence-electron chi connectivity index (χ2n) is 1.96. The normalized spacial score (nSPS) is 14.7. The number of hydrogen-bond donors (Lipinski definition) is 1. The van der Waals surface area contributed by atoms with Crippen molar-refractivity contribution in [2.75, 3.05) is 0 Å². The van der Waals surface area contributed by atoms with Gasteiger partial charge in [-0.1, -0.05) is 0 Å². The molecule has 2 rings (SSSR count). The molecule has 0 aromatic carbocycles. The molecule has 46 valence electrons. The highest BCUT2D eigenvalue weighted by Crippen LogP contribution is 2.01. The molecule has 1 aromatic heterocycles. The Morgan fingerprint density at radius 1 is 1.67 bits per heavy atom. The van der Waals surface area contributed by atoms with Crippen molar-refractivity contribution in [2.24, 2.45) is 0 Å². The van der Waals surface area contributed by atoms with E-state index in [1.54, 1.807) is 6.20 Å². The van der Waals surface area contributed by atoms with Crippen LogP contribution in [0.5, 0.6) is 0 Å². The van der Waals surface area contributed by atoms with Crippen LogP contribution in [0.2, 0.25) is 0 Å². The molecule has 9 heavy (non-hydrogen) atoms. The fraction of sp³-hybridized carbons (Fsp3) is 0.167. The summed E-state index contributed by atoms with van der Waals surface area (Å²) in [6.45, 7) is 0.885. The zero-order valence-electron chi connectivity index (χ0n) is 4.91. The third-order valence-electron chi connectivity index (χ3n) is 1.37. The highest BCUT2D eigenvalue weighted by molar-refractivity contribution is 5.26. The van der Waals surface area contributed by atoms with Crippen LogP contribution in [0.25, 0.3) is 6.20 Å². The van der Waals surface area contributed by atoms with Crippen molar-refractivity contribution < 1.29 is 0 Å². The van der Waals surface area contributed by atoms with E-state index in [4.69, 9.17) is 0 Å². The minimum absolute atomic E-state index is 0.885. The van der Waals surface area contributed by atoms with Gasteiger partial charge in [-0.25, -0.2) is 4.68 Å². The van der Waals surface area contributed by atoms with E-state index in [1.807, 2.05) is 23.1 Å². The zero-order chi connectivity index (χ0) is 6.10. The molecule has 0 atom stereocenters. The molecule has 2 heterocycles. The van der Waals surface area contributed by atoms with Crippen LogP contribution >= 0.6 is 0 Å². The summed E-state index contributed by atoms with van der Waals surface area (Å²) in [4.78, 5) is 0. The van der Waals surface area contributed by atoms with Gasteiger partial charge in [0.1, 0.15) is 0 Å². The molecule has 0 saturated heterocycles. The summed E-state index contributed by atoms with van der Waals surface area (Å²) in [5, 5.41) is 7.13. The summed E-state index contributed by atoms with van der Waals surface area (Å²) < 4.78 is 1.86. The van der Waals surface area contributed by atoms with Gasteiger partial charge in [0.15, 0.2) is 0 Å². The third-order valence-corrected chi connectivity index (χ3v) is 1.37. The monoisotopic (exact) mass is 121 g/mol. The maximum Gasteiger partial charge on any atom is 0.0627 e. The summed E-state index contributed by atoms with van der Waals surface area (Å²) in [5.74, 6) is 0. The lowest BCUT2D eigenvalue weighted by Gasteiger charge is -2.07. The topological polar surface area (TPSA) is 29.9 Å². The number of nitrogens with zero attached hydrogens (tertiary/aromatic N) is 2. The molecule has 0 aliphatic carbocycles. The van der Waals surface area contributed by atoms with E-state index in [0.29, 0.717) is 0 Å². The molecule has 1 aromatic rings. The van der Waals surface area contributed by atoms with E-state index in [9.17, 15) is 0 Å². The molecule has 0 saturated carbocycles. The fourth-order valence-corrected chi connectivity index (χ4v) is 0.903. The van der Waals surface area contributed by atoms with Crippen molar-refractivity contribution in [1.82, 2.24) is 15.1 Å².